The molecule has 1 fully saturated rings. The van der Waals surface area contributed by atoms with Crippen LogP contribution in [0.4, 0.5) is 0 Å². The fourth-order valence-corrected chi connectivity index (χ4v) is 3.65. The molecular weight excluding hydrogens is 491 g/mol. The van der Waals surface area contributed by atoms with Crippen molar-refractivity contribution < 1.29 is 9.53 Å². The van der Waals surface area contributed by atoms with Gasteiger partial charge in [0.05, 0.1) is 12.1 Å². The lowest BCUT2D eigenvalue weighted by Crippen LogP contribution is -2.49. The number of halogens is 1. The molecule has 1 amide bonds. The number of nitrogens with one attached hydrogen (secondary N) is 2. The predicted molar refractivity (Wildman–Crippen MR) is 135 cm³/mol. The SMILES string of the molecule is CCCOC1(CNC(=NCc2ccc(C(=O)N(C)C)cc2)NCC)CCCCC1.I. The molecule has 0 radical (unpaired) electrons. The summed E-state index contributed by atoms with van der Waals surface area (Å²) in [6.07, 6.45) is 7.04. The van der Waals surface area contributed by atoms with Gasteiger partial charge in [-0.15, -0.1) is 24.0 Å². The van der Waals surface area contributed by atoms with E-state index in [1.807, 2.05) is 24.3 Å². The molecule has 1 aliphatic rings. The van der Waals surface area contributed by atoms with E-state index in [4.69, 9.17) is 9.73 Å². The molecule has 1 aliphatic carbocycles. The van der Waals surface area contributed by atoms with Crippen LogP contribution in [0.1, 0.15) is 68.3 Å². The first-order valence-corrected chi connectivity index (χ1v) is 11.0. The summed E-state index contributed by atoms with van der Waals surface area (Å²) in [5.41, 5.74) is 1.70. The van der Waals surface area contributed by atoms with E-state index in [-0.39, 0.29) is 35.5 Å². The Morgan fingerprint density at radius 2 is 1.77 bits per heavy atom. The maximum Gasteiger partial charge on any atom is 0.253 e. The molecule has 0 aliphatic heterocycles. The third-order valence-electron chi connectivity index (χ3n) is 5.33. The van der Waals surface area contributed by atoms with Crippen molar-refractivity contribution in [3.05, 3.63) is 35.4 Å². The van der Waals surface area contributed by atoms with Crippen LogP contribution in [0.5, 0.6) is 0 Å². The van der Waals surface area contributed by atoms with Gasteiger partial charge in [-0.25, -0.2) is 4.99 Å². The summed E-state index contributed by atoms with van der Waals surface area (Å²) in [6, 6.07) is 7.67. The van der Waals surface area contributed by atoms with Crippen molar-refractivity contribution in [3.8, 4) is 0 Å². The second-order valence-corrected chi connectivity index (χ2v) is 8.04. The Balaban J connectivity index is 0.00000450. The normalized spacial score (nSPS) is 15.8. The Hall–Kier alpha value is -1.35. The molecule has 1 saturated carbocycles. The number of guanidine groups is 1. The molecule has 0 bridgehead atoms. The van der Waals surface area contributed by atoms with E-state index in [2.05, 4.69) is 24.5 Å². The number of rotatable bonds is 9. The Bertz CT molecular complexity index is 656. The smallest absolute Gasteiger partial charge is 0.253 e. The lowest BCUT2D eigenvalue weighted by Gasteiger charge is -2.37. The van der Waals surface area contributed by atoms with E-state index in [9.17, 15) is 4.79 Å². The molecule has 0 aromatic heterocycles. The largest absolute Gasteiger partial charge is 0.373 e. The van der Waals surface area contributed by atoms with Gasteiger partial charge < -0.3 is 20.3 Å². The molecule has 0 heterocycles. The van der Waals surface area contributed by atoms with E-state index in [0.717, 1.165) is 50.5 Å². The summed E-state index contributed by atoms with van der Waals surface area (Å²) in [6.45, 7) is 7.21. The zero-order valence-corrected chi connectivity index (χ0v) is 21.3. The maximum absolute atomic E-state index is 12.0. The van der Waals surface area contributed by atoms with Gasteiger partial charge in [-0.3, -0.25) is 4.79 Å². The third-order valence-corrected chi connectivity index (χ3v) is 5.33. The van der Waals surface area contributed by atoms with Crippen LogP contribution >= 0.6 is 24.0 Å². The van der Waals surface area contributed by atoms with Gasteiger partial charge in [0.25, 0.3) is 5.91 Å². The van der Waals surface area contributed by atoms with Crippen LogP contribution < -0.4 is 10.6 Å². The Labute approximate surface area is 199 Å². The highest BCUT2D eigenvalue weighted by Crippen LogP contribution is 2.31. The van der Waals surface area contributed by atoms with E-state index in [1.165, 1.54) is 19.3 Å². The number of nitrogens with zero attached hydrogens (tertiary/aromatic N) is 2. The van der Waals surface area contributed by atoms with Crippen molar-refractivity contribution in [2.45, 2.75) is 64.5 Å². The summed E-state index contributed by atoms with van der Waals surface area (Å²) < 4.78 is 6.28. The topological polar surface area (TPSA) is 66.0 Å². The Morgan fingerprint density at radius 3 is 2.33 bits per heavy atom. The summed E-state index contributed by atoms with van der Waals surface area (Å²) in [4.78, 5) is 18.3. The second-order valence-electron chi connectivity index (χ2n) is 8.04. The van der Waals surface area contributed by atoms with Crippen LogP contribution in [0.2, 0.25) is 0 Å². The minimum atomic E-state index is -0.0708. The van der Waals surface area contributed by atoms with Gasteiger partial charge in [0.1, 0.15) is 0 Å². The zero-order valence-electron chi connectivity index (χ0n) is 19.0. The first-order valence-electron chi connectivity index (χ1n) is 11.0. The first kappa shape index (κ1) is 26.7. The van der Waals surface area contributed by atoms with Crippen molar-refractivity contribution in [2.24, 2.45) is 4.99 Å². The molecule has 7 heteroatoms. The van der Waals surface area contributed by atoms with Gasteiger partial charge in [-0.2, -0.15) is 0 Å². The average Bonchev–Trinajstić information content (AvgIpc) is 2.75. The van der Waals surface area contributed by atoms with Crippen molar-refractivity contribution in [2.75, 3.05) is 33.8 Å². The minimum absolute atomic E-state index is 0. The average molecular weight is 530 g/mol. The summed E-state index contributed by atoms with van der Waals surface area (Å²) in [7, 11) is 3.52. The van der Waals surface area contributed by atoms with Crippen LogP contribution in [0, 0.1) is 0 Å². The highest BCUT2D eigenvalue weighted by Gasteiger charge is 2.32. The molecule has 30 heavy (non-hydrogen) atoms. The summed E-state index contributed by atoms with van der Waals surface area (Å²) in [5.74, 6) is 0.825. The lowest BCUT2D eigenvalue weighted by molar-refractivity contribution is -0.0657. The number of ether oxygens (including phenoxy) is 1. The summed E-state index contributed by atoms with van der Waals surface area (Å²) >= 11 is 0. The fraction of sp³-hybridized carbons (Fsp3) is 0.652. The molecule has 6 nitrogen and oxygen atoms in total. The van der Waals surface area contributed by atoms with Crippen LogP contribution in [-0.4, -0.2) is 56.2 Å². The fourth-order valence-electron chi connectivity index (χ4n) is 3.65. The number of amides is 1. The van der Waals surface area contributed by atoms with Crippen molar-refractivity contribution in [1.29, 1.82) is 0 Å². The number of hydrogen-bond acceptors (Lipinski definition) is 3. The zero-order chi connectivity index (χ0) is 21.1. The van der Waals surface area contributed by atoms with Gasteiger partial charge in [-0.1, -0.05) is 38.3 Å². The summed E-state index contributed by atoms with van der Waals surface area (Å²) in [5, 5.41) is 6.84. The van der Waals surface area contributed by atoms with Crippen molar-refractivity contribution in [1.82, 2.24) is 15.5 Å². The van der Waals surface area contributed by atoms with E-state index >= 15 is 0 Å². The predicted octanol–water partition coefficient (Wildman–Crippen LogP) is 4.19. The molecule has 0 spiro atoms. The lowest BCUT2D eigenvalue weighted by atomic mass is 9.84. The van der Waals surface area contributed by atoms with Crippen LogP contribution in [0.25, 0.3) is 0 Å². The molecule has 0 atom stereocenters. The molecule has 0 unspecified atom stereocenters. The Morgan fingerprint density at radius 1 is 1.10 bits per heavy atom. The molecule has 170 valence electrons. The maximum atomic E-state index is 12.0. The molecular formula is C23H39IN4O2. The van der Waals surface area contributed by atoms with Crippen LogP contribution in [0.15, 0.2) is 29.3 Å². The highest BCUT2D eigenvalue weighted by atomic mass is 127. The minimum Gasteiger partial charge on any atom is -0.373 e. The van der Waals surface area contributed by atoms with E-state index < -0.39 is 0 Å². The monoisotopic (exact) mass is 530 g/mol. The quantitative estimate of drug-likeness (QED) is 0.286. The Kier molecular flexibility index (Phi) is 12.3. The van der Waals surface area contributed by atoms with Gasteiger partial charge in [0.2, 0.25) is 0 Å². The van der Waals surface area contributed by atoms with Crippen LogP contribution in [-0.2, 0) is 11.3 Å². The van der Waals surface area contributed by atoms with Crippen LogP contribution in [0.3, 0.4) is 0 Å². The number of aliphatic imine (C=N–C) groups is 1. The number of carbonyl (C=O) groups excluding carboxylic acids is 1. The number of benzene rings is 1. The van der Waals surface area contributed by atoms with Crippen molar-refractivity contribution in [3.63, 3.8) is 0 Å². The molecule has 1 aromatic carbocycles. The first-order chi connectivity index (χ1) is 14.0. The third kappa shape index (κ3) is 8.41. The van der Waals surface area contributed by atoms with E-state index in [1.54, 1.807) is 19.0 Å². The van der Waals surface area contributed by atoms with E-state index in [0.29, 0.717) is 12.1 Å². The molecule has 2 N–H and O–H groups in total. The standard InChI is InChI=1S/C23H38N4O2.HI/c1-5-16-29-23(14-8-7-9-15-23)18-26-22(24-6-2)25-17-19-10-12-20(13-11-19)21(28)27(3)4;/h10-13H,5-9,14-18H2,1-4H3,(H2,24,25,26);1H. The molecule has 2 rings (SSSR count). The van der Waals surface area contributed by atoms with Gasteiger partial charge in [-0.05, 0) is 43.9 Å². The van der Waals surface area contributed by atoms with Gasteiger partial charge in [0, 0.05) is 39.4 Å². The van der Waals surface area contributed by atoms with Gasteiger partial charge in [0.15, 0.2) is 5.96 Å². The van der Waals surface area contributed by atoms with Crippen molar-refractivity contribution >= 4 is 35.8 Å². The molecule has 0 saturated heterocycles. The number of carbonyl (C=O) groups is 1. The second kappa shape index (κ2) is 13.9. The molecule has 1 aromatic rings. The number of hydrogen-bond donors (Lipinski definition) is 2. The highest BCUT2D eigenvalue weighted by molar-refractivity contribution is 14.0. The van der Waals surface area contributed by atoms with Gasteiger partial charge >= 0.3 is 0 Å².